The first-order valence-corrected chi connectivity index (χ1v) is 11.3. The number of nitriles is 1. The predicted molar refractivity (Wildman–Crippen MR) is 121 cm³/mol. The molecule has 0 aliphatic carbocycles. The molecule has 2 aromatic carbocycles. The molecule has 2 saturated heterocycles. The normalized spacial score (nSPS) is 20.2. The number of morpholine rings is 1. The van der Waals surface area contributed by atoms with Crippen LogP contribution in [0.25, 0.3) is 5.69 Å². The fraction of sp³-hybridized carbons (Fsp3) is 0.375. The summed E-state index contributed by atoms with van der Waals surface area (Å²) in [6.45, 7) is 2.92. The van der Waals surface area contributed by atoms with Gasteiger partial charge in [-0.05, 0) is 40.3 Å². The van der Waals surface area contributed by atoms with Crippen LogP contribution in [0.15, 0.2) is 42.7 Å². The second-order valence-electron chi connectivity index (χ2n) is 8.56. The van der Waals surface area contributed by atoms with Crippen molar-refractivity contribution in [2.45, 2.75) is 18.6 Å². The van der Waals surface area contributed by atoms with Gasteiger partial charge in [0.05, 0.1) is 38.0 Å². The Morgan fingerprint density at radius 1 is 1.23 bits per heavy atom. The number of rotatable bonds is 5. The average Bonchev–Trinajstić information content (AvgIpc) is 3.43. The quantitative estimate of drug-likeness (QED) is 0.544. The molecule has 3 aromatic rings. The number of hydrogen-bond acceptors (Lipinski definition) is 8. The average molecular weight is 478 g/mol. The van der Waals surface area contributed by atoms with Crippen LogP contribution in [0.4, 0.5) is 4.39 Å². The smallest absolute Gasteiger partial charge is 0.227 e. The summed E-state index contributed by atoms with van der Waals surface area (Å²) in [6.07, 6.45) is 1.50. The molecular weight excluding hydrogens is 453 g/mol. The molecule has 35 heavy (non-hydrogen) atoms. The van der Waals surface area contributed by atoms with Crippen molar-refractivity contribution >= 4 is 5.91 Å². The second kappa shape index (κ2) is 9.77. The van der Waals surface area contributed by atoms with Gasteiger partial charge < -0.3 is 14.4 Å². The monoisotopic (exact) mass is 477 g/mol. The van der Waals surface area contributed by atoms with Gasteiger partial charge in [-0.15, -0.1) is 5.10 Å². The molecule has 10 nitrogen and oxygen atoms in total. The number of carbonyl (C=O) groups is 1. The van der Waals surface area contributed by atoms with Gasteiger partial charge in [0.15, 0.2) is 0 Å². The molecule has 0 bridgehead atoms. The lowest BCUT2D eigenvalue weighted by molar-refractivity contribution is -0.139. The lowest BCUT2D eigenvalue weighted by Gasteiger charge is -2.46. The topological polar surface area (TPSA) is 109 Å². The first-order valence-electron chi connectivity index (χ1n) is 11.3. The van der Waals surface area contributed by atoms with Gasteiger partial charge in [-0.3, -0.25) is 9.69 Å². The number of benzene rings is 2. The van der Waals surface area contributed by atoms with Crippen molar-refractivity contribution in [3.05, 3.63) is 65.2 Å². The number of hydrogen-bond donors (Lipinski definition) is 0. The number of piperazine rings is 1. The van der Waals surface area contributed by atoms with Crippen molar-refractivity contribution in [1.82, 2.24) is 30.0 Å². The van der Waals surface area contributed by atoms with Gasteiger partial charge in [0, 0.05) is 31.7 Å². The van der Waals surface area contributed by atoms with Crippen molar-refractivity contribution in [2.75, 3.05) is 39.9 Å². The van der Waals surface area contributed by atoms with Gasteiger partial charge in [0.2, 0.25) is 5.91 Å². The Bertz CT molecular complexity index is 1240. The minimum absolute atomic E-state index is 0.0702. The van der Waals surface area contributed by atoms with E-state index in [1.165, 1.54) is 19.5 Å². The summed E-state index contributed by atoms with van der Waals surface area (Å²) in [5, 5.41) is 20.4. The number of aromatic nitrogens is 4. The highest BCUT2D eigenvalue weighted by atomic mass is 19.1. The number of carbonyl (C=O) groups excluding carboxylic acids is 1. The number of amides is 1. The predicted octanol–water partition coefficient (Wildman–Crippen LogP) is 1.51. The Kier molecular flexibility index (Phi) is 6.39. The molecule has 0 N–H and O–H groups in total. The van der Waals surface area contributed by atoms with E-state index < -0.39 is 5.82 Å². The molecule has 2 aliphatic rings. The molecule has 1 aromatic heterocycles. The standard InChI is InChI=1S/C24H24FN7O3/c1-34-24-19(6-7-21(25)20(24)11-26)22-13-30-8-9-31(12-18(30)14-35-22)23(33)10-16-2-4-17(5-3-16)32-15-27-28-29-32/h2-7,15,18,22H,8-10,12-14H2,1H3. The zero-order valence-corrected chi connectivity index (χ0v) is 19.2. The number of fused-ring (bicyclic) bond motifs is 1. The van der Waals surface area contributed by atoms with Crippen LogP contribution in [-0.2, 0) is 16.0 Å². The number of ether oxygens (including phenoxy) is 2. The molecule has 2 atom stereocenters. The number of halogens is 1. The van der Waals surface area contributed by atoms with Crippen molar-refractivity contribution in [1.29, 1.82) is 5.26 Å². The minimum Gasteiger partial charge on any atom is -0.495 e. The SMILES string of the molecule is COc1c(C2CN3CCN(C(=O)Cc4ccc(-n5cnnn5)cc4)CC3CO2)ccc(F)c1C#N. The van der Waals surface area contributed by atoms with E-state index in [2.05, 4.69) is 20.4 Å². The zero-order valence-electron chi connectivity index (χ0n) is 19.2. The summed E-state index contributed by atoms with van der Waals surface area (Å²) in [5.74, 6) is -0.323. The third kappa shape index (κ3) is 4.58. The van der Waals surface area contributed by atoms with Crippen molar-refractivity contribution < 1.29 is 18.7 Å². The van der Waals surface area contributed by atoms with E-state index in [1.54, 1.807) is 10.7 Å². The molecule has 0 spiro atoms. The van der Waals surface area contributed by atoms with Crippen LogP contribution in [0, 0.1) is 17.1 Å². The van der Waals surface area contributed by atoms with Crippen LogP contribution in [0.1, 0.15) is 22.8 Å². The van der Waals surface area contributed by atoms with Gasteiger partial charge in [0.1, 0.15) is 29.5 Å². The summed E-state index contributed by atoms with van der Waals surface area (Å²) >= 11 is 0. The molecule has 1 amide bonds. The molecule has 5 rings (SSSR count). The van der Waals surface area contributed by atoms with E-state index in [0.717, 1.165) is 11.3 Å². The molecule has 0 saturated carbocycles. The molecule has 2 fully saturated rings. The van der Waals surface area contributed by atoms with Crippen LogP contribution >= 0.6 is 0 Å². The summed E-state index contributed by atoms with van der Waals surface area (Å²) in [5.41, 5.74) is 2.30. The van der Waals surface area contributed by atoms with E-state index >= 15 is 0 Å². The molecule has 2 aliphatic heterocycles. The van der Waals surface area contributed by atoms with Crippen molar-refractivity contribution in [3.63, 3.8) is 0 Å². The Labute approximate surface area is 201 Å². The van der Waals surface area contributed by atoms with Crippen LogP contribution < -0.4 is 4.74 Å². The zero-order chi connectivity index (χ0) is 24.4. The maximum Gasteiger partial charge on any atom is 0.227 e. The largest absolute Gasteiger partial charge is 0.495 e. The highest BCUT2D eigenvalue weighted by molar-refractivity contribution is 5.79. The third-order valence-electron chi connectivity index (χ3n) is 6.55. The van der Waals surface area contributed by atoms with E-state index in [0.29, 0.717) is 44.8 Å². The van der Waals surface area contributed by atoms with Crippen molar-refractivity contribution in [2.24, 2.45) is 0 Å². The highest BCUT2D eigenvalue weighted by Gasteiger charge is 2.36. The Balaban J connectivity index is 1.20. The van der Waals surface area contributed by atoms with Gasteiger partial charge in [-0.25, -0.2) is 9.07 Å². The van der Waals surface area contributed by atoms with Crippen LogP contribution in [0.3, 0.4) is 0 Å². The fourth-order valence-electron chi connectivity index (χ4n) is 4.68. The molecule has 180 valence electrons. The summed E-state index contributed by atoms with van der Waals surface area (Å²) in [7, 11) is 1.43. The van der Waals surface area contributed by atoms with Crippen LogP contribution in [0.5, 0.6) is 5.75 Å². The number of tetrazole rings is 1. The number of methoxy groups -OCH3 is 1. The van der Waals surface area contributed by atoms with Gasteiger partial charge >= 0.3 is 0 Å². The van der Waals surface area contributed by atoms with E-state index in [4.69, 9.17) is 9.47 Å². The third-order valence-corrected chi connectivity index (χ3v) is 6.55. The van der Waals surface area contributed by atoms with E-state index in [-0.39, 0.29) is 29.4 Å². The minimum atomic E-state index is -0.612. The van der Waals surface area contributed by atoms with Crippen LogP contribution in [0.2, 0.25) is 0 Å². The molecular formula is C24H24FN7O3. The second-order valence-corrected chi connectivity index (χ2v) is 8.56. The summed E-state index contributed by atoms with van der Waals surface area (Å²) < 4.78 is 27.0. The van der Waals surface area contributed by atoms with Gasteiger partial charge in [-0.1, -0.05) is 12.1 Å². The first-order chi connectivity index (χ1) is 17.1. The van der Waals surface area contributed by atoms with E-state index in [9.17, 15) is 14.4 Å². The Morgan fingerprint density at radius 2 is 2.06 bits per heavy atom. The summed E-state index contributed by atoms with van der Waals surface area (Å²) in [4.78, 5) is 17.1. The molecule has 3 heterocycles. The highest BCUT2D eigenvalue weighted by Crippen LogP contribution is 2.35. The summed E-state index contributed by atoms with van der Waals surface area (Å²) in [6, 6.07) is 12.4. The van der Waals surface area contributed by atoms with Gasteiger partial charge in [-0.2, -0.15) is 5.26 Å². The Morgan fingerprint density at radius 3 is 2.77 bits per heavy atom. The maximum atomic E-state index is 14.0. The molecule has 11 heteroatoms. The molecule has 2 unspecified atom stereocenters. The van der Waals surface area contributed by atoms with Gasteiger partial charge in [0.25, 0.3) is 0 Å². The lowest BCUT2D eigenvalue weighted by Crippen LogP contribution is -2.59. The molecule has 0 radical (unpaired) electrons. The first kappa shape index (κ1) is 22.9. The van der Waals surface area contributed by atoms with E-state index in [1.807, 2.05) is 35.2 Å². The Hall–Kier alpha value is -3.88. The van der Waals surface area contributed by atoms with Crippen molar-refractivity contribution in [3.8, 4) is 17.5 Å². The maximum absolute atomic E-state index is 14.0. The lowest BCUT2D eigenvalue weighted by atomic mass is 10.00. The number of nitrogens with zero attached hydrogens (tertiary/aromatic N) is 7. The van der Waals surface area contributed by atoms with Crippen LogP contribution in [-0.4, -0.2) is 81.9 Å². The fourth-order valence-corrected chi connectivity index (χ4v) is 4.68.